The fourth-order valence-electron chi connectivity index (χ4n) is 4.24. The van der Waals surface area contributed by atoms with Gasteiger partial charge in [0.15, 0.2) is 0 Å². The molecule has 0 radical (unpaired) electrons. The van der Waals surface area contributed by atoms with Gasteiger partial charge in [0.25, 0.3) is 0 Å². The van der Waals surface area contributed by atoms with Crippen molar-refractivity contribution in [2.75, 3.05) is 0 Å². The van der Waals surface area contributed by atoms with Crippen LogP contribution in [0.5, 0.6) is 0 Å². The average molecular weight is 297 g/mol. The van der Waals surface area contributed by atoms with E-state index in [1.54, 1.807) is 0 Å². The van der Waals surface area contributed by atoms with Crippen LogP contribution in [0.25, 0.3) is 0 Å². The van der Waals surface area contributed by atoms with Crippen molar-refractivity contribution in [3.63, 3.8) is 0 Å². The van der Waals surface area contributed by atoms with E-state index in [0.717, 1.165) is 25.0 Å². The minimum absolute atomic E-state index is 0.263. The Kier molecular flexibility index (Phi) is 4.77. The number of allylic oxidation sites excluding steroid dienone is 1. The van der Waals surface area contributed by atoms with E-state index in [9.17, 15) is 4.79 Å². The van der Waals surface area contributed by atoms with Gasteiger partial charge in [-0.05, 0) is 38.2 Å². The van der Waals surface area contributed by atoms with Crippen LogP contribution in [0.2, 0.25) is 0 Å². The minimum Gasteiger partial charge on any atom is -0.299 e. The summed E-state index contributed by atoms with van der Waals surface area (Å²) < 4.78 is 0. The van der Waals surface area contributed by atoms with Gasteiger partial charge >= 0.3 is 0 Å². The number of fused-ring (bicyclic) bond motifs is 2. The molecule has 2 aliphatic rings. The number of ketones is 1. The number of hydrogen-bond donors (Lipinski definition) is 0. The van der Waals surface area contributed by atoms with E-state index in [2.05, 4.69) is 41.8 Å². The van der Waals surface area contributed by atoms with Crippen molar-refractivity contribution in [1.29, 1.82) is 0 Å². The molecule has 2 heteroatoms. The summed E-state index contributed by atoms with van der Waals surface area (Å²) in [7, 11) is 0. The van der Waals surface area contributed by atoms with Crippen molar-refractivity contribution in [2.24, 2.45) is 5.92 Å². The number of carbonyl (C=O) groups is 1. The molecule has 1 aromatic carbocycles. The number of nitrogens with zero attached hydrogens (tertiary/aromatic N) is 1. The summed E-state index contributed by atoms with van der Waals surface area (Å²) in [6.07, 6.45) is 6.50. The maximum Gasteiger partial charge on any atom is 0.140 e. The van der Waals surface area contributed by atoms with Crippen LogP contribution in [0.3, 0.4) is 0 Å². The number of hydrogen-bond acceptors (Lipinski definition) is 2. The van der Waals surface area contributed by atoms with Gasteiger partial charge in [-0.1, -0.05) is 48.9 Å². The summed E-state index contributed by atoms with van der Waals surface area (Å²) in [5.41, 5.74) is 2.40. The topological polar surface area (TPSA) is 20.3 Å². The van der Waals surface area contributed by atoms with Crippen molar-refractivity contribution >= 4 is 5.78 Å². The van der Waals surface area contributed by atoms with Crippen LogP contribution in [-0.4, -0.2) is 22.8 Å². The Morgan fingerprint density at radius 3 is 2.41 bits per heavy atom. The number of rotatable bonds is 5. The molecular weight excluding hydrogens is 270 g/mol. The van der Waals surface area contributed by atoms with E-state index in [0.29, 0.717) is 24.3 Å². The first-order valence-corrected chi connectivity index (χ1v) is 8.60. The average Bonchev–Trinajstić information content (AvgIpc) is 2.47. The van der Waals surface area contributed by atoms with Crippen molar-refractivity contribution in [2.45, 2.75) is 64.1 Å². The summed E-state index contributed by atoms with van der Waals surface area (Å²) in [6.45, 7) is 6.90. The first-order valence-electron chi connectivity index (χ1n) is 8.60. The molecule has 2 heterocycles. The second-order valence-corrected chi connectivity index (χ2v) is 7.17. The van der Waals surface area contributed by atoms with E-state index >= 15 is 0 Å². The summed E-state index contributed by atoms with van der Waals surface area (Å²) in [5.74, 6) is 0.683. The molecule has 0 N–H and O–H groups in total. The first-order chi connectivity index (χ1) is 10.6. The number of carbonyl (C=O) groups excluding carboxylic acids is 1. The number of piperidine rings is 2. The molecule has 2 nitrogen and oxygen atoms in total. The van der Waals surface area contributed by atoms with Gasteiger partial charge in [0.2, 0.25) is 0 Å². The van der Waals surface area contributed by atoms with Crippen LogP contribution in [0.1, 0.15) is 51.0 Å². The molecule has 0 aliphatic carbocycles. The Hall–Kier alpha value is -1.41. The lowest BCUT2D eigenvalue weighted by Crippen LogP contribution is -2.52. The molecule has 3 rings (SSSR count). The lowest BCUT2D eigenvalue weighted by molar-refractivity contribution is -0.126. The predicted octanol–water partition coefficient (Wildman–Crippen LogP) is 4.36. The zero-order valence-electron chi connectivity index (χ0n) is 13.6. The van der Waals surface area contributed by atoms with Crippen LogP contribution < -0.4 is 0 Å². The molecule has 2 aliphatic heterocycles. The third-order valence-electron chi connectivity index (χ3n) is 5.27. The molecule has 1 aromatic rings. The van der Waals surface area contributed by atoms with E-state index in [-0.39, 0.29) is 5.92 Å². The highest BCUT2D eigenvalue weighted by molar-refractivity contribution is 5.83. The van der Waals surface area contributed by atoms with Gasteiger partial charge in [0.05, 0.1) is 0 Å². The van der Waals surface area contributed by atoms with Gasteiger partial charge in [0.1, 0.15) is 5.78 Å². The van der Waals surface area contributed by atoms with Crippen molar-refractivity contribution < 1.29 is 4.79 Å². The van der Waals surface area contributed by atoms with Crippen molar-refractivity contribution in [3.8, 4) is 0 Å². The highest BCUT2D eigenvalue weighted by atomic mass is 16.1. The Bertz CT molecular complexity index is 522. The zero-order chi connectivity index (χ0) is 15.5. The van der Waals surface area contributed by atoms with Gasteiger partial charge in [-0.2, -0.15) is 0 Å². The molecule has 0 amide bonds. The predicted molar refractivity (Wildman–Crippen MR) is 90.6 cm³/mol. The highest BCUT2D eigenvalue weighted by Gasteiger charge is 2.40. The molecule has 2 unspecified atom stereocenters. The summed E-state index contributed by atoms with van der Waals surface area (Å²) in [4.78, 5) is 15.1. The first kappa shape index (κ1) is 15.5. The standard InChI is InChI=1S/C20H27NO/c1-15(2)11-20(22)17-12-18-9-6-10-19(13-17)21(18)14-16-7-4-3-5-8-16/h3-5,7-8,17-19H,1,6,9-14H2,2H3. The Morgan fingerprint density at radius 1 is 1.18 bits per heavy atom. The second-order valence-electron chi connectivity index (χ2n) is 7.17. The Balaban J connectivity index is 1.68. The number of Topliss-reactive ketones (excluding diaryl/α,β-unsaturated/α-hetero) is 1. The Labute approximate surface area is 134 Å². The third-order valence-corrected chi connectivity index (χ3v) is 5.27. The van der Waals surface area contributed by atoms with Crippen LogP contribution in [0, 0.1) is 5.92 Å². The molecule has 2 fully saturated rings. The second kappa shape index (κ2) is 6.78. The van der Waals surface area contributed by atoms with Crippen molar-refractivity contribution in [3.05, 3.63) is 48.0 Å². The fraction of sp³-hybridized carbons (Fsp3) is 0.550. The van der Waals surface area contributed by atoms with E-state index < -0.39 is 0 Å². The van der Waals surface area contributed by atoms with Gasteiger partial charge in [0, 0.05) is 31.0 Å². The van der Waals surface area contributed by atoms with Crippen LogP contribution in [0.4, 0.5) is 0 Å². The lowest BCUT2D eigenvalue weighted by atomic mass is 9.75. The molecule has 2 bridgehead atoms. The van der Waals surface area contributed by atoms with E-state index in [1.807, 2.05) is 6.92 Å². The largest absolute Gasteiger partial charge is 0.299 e. The molecule has 22 heavy (non-hydrogen) atoms. The van der Waals surface area contributed by atoms with Crippen molar-refractivity contribution in [1.82, 2.24) is 4.90 Å². The van der Waals surface area contributed by atoms with E-state index in [1.165, 1.54) is 24.8 Å². The maximum atomic E-state index is 12.4. The van der Waals surface area contributed by atoms with Gasteiger partial charge in [-0.3, -0.25) is 9.69 Å². The van der Waals surface area contributed by atoms with E-state index in [4.69, 9.17) is 0 Å². The van der Waals surface area contributed by atoms with Gasteiger partial charge in [-0.15, -0.1) is 0 Å². The van der Waals surface area contributed by atoms with Gasteiger partial charge < -0.3 is 0 Å². The maximum absolute atomic E-state index is 12.4. The third kappa shape index (κ3) is 3.49. The zero-order valence-corrected chi connectivity index (χ0v) is 13.6. The molecule has 0 saturated carbocycles. The monoisotopic (exact) mass is 297 g/mol. The SMILES string of the molecule is C=C(C)CC(=O)C1CC2CCCC(C1)N2Cc1ccccc1. The molecular formula is C20H27NO. The number of benzene rings is 1. The summed E-state index contributed by atoms with van der Waals surface area (Å²) in [6, 6.07) is 11.9. The summed E-state index contributed by atoms with van der Waals surface area (Å²) >= 11 is 0. The van der Waals surface area contributed by atoms with Crippen LogP contribution in [0.15, 0.2) is 42.5 Å². The molecule has 0 aromatic heterocycles. The normalized spacial score (nSPS) is 28.3. The minimum atomic E-state index is 0.263. The summed E-state index contributed by atoms with van der Waals surface area (Å²) in [5, 5.41) is 0. The Morgan fingerprint density at radius 2 is 1.82 bits per heavy atom. The molecule has 2 atom stereocenters. The van der Waals surface area contributed by atoms with Gasteiger partial charge in [-0.25, -0.2) is 0 Å². The lowest BCUT2D eigenvalue weighted by Gasteiger charge is -2.48. The smallest absolute Gasteiger partial charge is 0.140 e. The van der Waals surface area contributed by atoms with Crippen LogP contribution in [-0.2, 0) is 11.3 Å². The fourth-order valence-corrected chi connectivity index (χ4v) is 4.24. The molecule has 2 saturated heterocycles. The quantitative estimate of drug-likeness (QED) is 0.753. The highest BCUT2D eigenvalue weighted by Crippen LogP contribution is 2.38. The molecule has 118 valence electrons. The van der Waals surface area contributed by atoms with Crippen LogP contribution >= 0.6 is 0 Å². The molecule has 0 spiro atoms.